The van der Waals surface area contributed by atoms with Crippen LogP contribution >= 0.6 is 0 Å². The fourth-order valence-corrected chi connectivity index (χ4v) is 2.23. The number of amides is 1. The van der Waals surface area contributed by atoms with Gasteiger partial charge in [0.1, 0.15) is 0 Å². The molecule has 1 amide bonds. The quantitative estimate of drug-likeness (QED) is 0.834. The van der Waals surface area contributed by atoms with E-state index in [0.717, 1.165) is 18.5 Å². The highest BCUT2D eigenvalue weighted by molar-refractivity contribution is 5.78. The van der Waals surface area contributed by atoms with Crippen LogP contribution in [0.15, 0.2) is 18.3 Å². The first kappa shape index (κ1) is 11.9. The van der Waals surface area contributed by atoms with E-state index in [0.29, 0.717) is 18.2 Å². The van der Waals surface area contributed by atoms with E-state index in [1.807, 2.05) is 0 Å². The van der Waals surface area contributed by atoms with Crippen LogP contribution in [0.2, 0.25) is 0 Å². The van der Waals surface area contributed by atoms with E-state index in [9.17, 15) is 4.79 Å². The molecule has 1 heterocycles. The van der Waals surface area contributed by atoms with E-state index in [1.54, 1.807) is 18.3 Å². The van der Waals surface area contributed by atoms with Gasteiger partial charge in [0, 0.05) is 11.7 Å². The minimum absolute atomic E-state index is 0.0640. The highest BCUT2D eigenvalue weighted by Crippen LogP contribution is 2.17. The number of nitrogens with two attached hydrogens (primary N) is 1. The summed E-state index contributed by atoms with van der Waals surface area (Å²) < 4.78 is 0. The maximum absolute atomic E-state index is 11.8. The minimum Gasteiger partial charge on any atom is -0.397 e. The number of hydrogen-bond donors (Lipinski definition) is 2. The van der Waals surface area contributed by atoms with Gasteiger partial charge in [-0.3, -0.25) is 9.78 Å². The van der Waals surface area contributed by atoms with E-state index >= 15 is 0 Å². The van der Waals surface area contributed by atoms with Crippen LogP contribution in [0.3, 0.4) is 0 Å². The van der Waals surface area contributed by atoms with Gasteiger partial charge in [0.05, 0.1) is 18.3 Å². The lowest BCUT2D eigenvalue weighted by atomic mass is 9.95. The third kappa shape index (κ3) is 3.73. The summed E-state index contributed by atoms with van der Waals surface area (Å²) in [5, 5.41) is 3.07. The molecule has 1 aliphatic rings. The maximum Gasteiger partial charge on any atom is 0.226 e. The van der Waals surface area contributed by atoms with Gasteiger partial charge >= 0.3 is 0 Å². The maximum atomic E-state index is 11.8. The zero-order valence-electron chi connectivity index (χ0n) is 9.98. The van der Waals surface area contributed by atoms with Crippen molar-refractivity contribution in [3.63, 3.8) is 0 Å². The van der Waals surface area contributed by atoms with Gasteiger partial charge in [-0.25, -0.2) is 0 Å². The van der Waals surface area contributed by atoms with Crippen LogP contribution in [0.4, 0.5) is 5.69 Å². The van der Waals surface area contributed by atoms with Crippen LogP contribution in [-0.2, 0) is 11.2 Å². The molecule has 0 aliphatic heterocycles. The Balaban J connectivity index is 1.82. The Kier molecular flexibility index (Phi) is 3.96. The third-order valence-electron chi connectivity index (χ3n) is 3.16. The molecular formula is C13H19N3O. The number of aromatic nitrogens is 1. The molecule has 1 saturated carbocycles. The summed E-state index contributed by atoms with van der Waals surface area (Å²) >= 11 is 0. The summed E-state index contributed by atoms with van der Waals surface area (Å²) in [5.41, 5.74) is 6.94. The number of nitrogens with zero attached hydrogens (tertiary/aromatic N) is 1. The van der Waals surface area contributed by atoms with Gasteiger partial charge in [0.2, 0.25) is 5.91 Å². The Bertz CT molecular complexity index is 369. The van der Waals surface area contributed by atoms with Crippen molar-refractivity contribution < 1.29 is 4.79 Å². The molecule has 92 valence electrons. The molecule has 1 aliphatic carbocycles. The summed E-state index contributed by atoms with van der Waals surface area (Å²) in [6, 6.07) is 3.94. The standard InChI is InChI=1S/C13H19N3O/c14-10-6-7-12(15-9-10)8-13(17)16-11-4-2-1-3-5-11/h6-7,9,11H,1-5,8,14H2,(H,16,17). The van der Waals surface area contributed by atoms with Crippen molar-refractivity contribution in [1.29, 1.82) is 0 Å². The number of nitrogens with one attached hydrogen (secondary N) is 1. The molecule has 3 N–H and O–H groups in total. The molecule has 1 fully saturated rings. The summed E-state index contributed by atoms with van der Waals surface area (Å²) in [7, 11) is 0. The van der Waals surface area contributed by atoms with Gasteiger partial charge < -0.3 is 11.1 Å². The molecule has 0 bridgehead atoms. The average Bonchev–Trinajstić information content (AvgIpc) is 2.33. The minimum atomic E-state index is 0.0640. The number of hydrogen-bond acceptors (Lipinski definition) is 3. The molecule has 0 saturated heterocycles. The number of carbonyl (C=O) groups is 1. The lowest BCUT2D eigenvalue weighted by Gasteiger charge is -2.22. The van der Waals surface area contributed by atoms with E-state index in [4.69, 9.17) is 5.73 Å². The van der Waals surface area contributed by atoms with Crippen molar-refractivity contribution in [1.82, 2.24) is 10.3 Å². The van der Waals surface area contributed by atoms with Crippen molar-refractivity contribution in [2.24, 2.45) is 0 Å². The predicted octanol–water partition coefficient (Wildman–Crippen LogP) is 1.66. The topological polar surface area (TPSA) is 68.0 Å². The van der Waals surface area contributed by atoms with Crippen LogP contribution in [0, 0.1) is 0 Å². The van der Waals surface area contributed by atoms with Gasteiger partial charge in [-0.2, -0.15) is 0 Å². The lowest BCUT2D eigenvalue weighted by molar-refractivity contribution is -0.121. The zero-order valence-corrected chi connectivity index (χ0v) is 9.98. The first-order valence-corrected chi connectivity index (χ1v) is 6.24. The van der Waals surface area contributed by atoms with Crippen molar-refractivity contribution in [2.75, 3.05) is 5.73 Å². The van der Waals surface area contributed by atoms with Gasteiger partial charge in [-0.15, -0.1) is 0 Å². The molecule has 4 heteroatoms. The zero-order chi connectivity index (χ0) is 12.1. The molecular weight excluding hydrogens is 214 g/mol. The largest absolute Gasteiger partial charge is 0.397 e. The second-order valence-corrected chi connectivity index (χ2v) is 4.66. The Labute approximate surface area is 102 Å². The van der Waals surface area contributed by atoms with Crippen LogP contribution in [0.5, 0.6) is 0 Å². The molecule has 0 radical (unpaired) electrons. The summed E-state index contributed by atoms with van der Waals surface area (Å²) in [6.07, 6.45) is 7.91. The van der Waals surface area contributed by atoms with Crippen LogP contribution in [0.25, 0.3) is 0 Å². The average molecular weight is 233 g/mol. The van der Waals surface area contributed by atoms with Gasteiger partial charge in [0.25, 0.3) is 0 Å². The SMILES string of the molecule is Nc1ccc(CC(=O)NC2CCCCC2)nc1. The summed E-state index contributed by atoms with van der Waals surface area (Å²) in [6.45, 7) is 0. The first-order chi connectivity index (χ1) is 8.24. The second-order valence-electron chi connectivity index (χ2n) is 4.66. The smallest absolute Gasteiger partial charge is 0.226 e. The number of pyridine rings is 1. The number of carbonyl (C=O) groups excluding carboxylic acids is 1. The van der Waals surface area contributed by atoms with Crippen LogP contribution in [-0.4, -0.2) is 16.9 Å². The highest BCUT2D eigenvalue weighted by atomic mass is 16.1. The summed E-state index contributed by atoms with van der Waals surface area (Å²) in [4.78, 5) is 15.9. The Morgan fingerprint density at radius 3 is 2.76 bits per heavy atom. The molecule has 17 heavy (non-hydrogen) atoms. The van der Waals surface area contributed by atoms with Crippen LogP contribution < -0.4 is 11.1 Å². The highest BCUT2D eigenvalue weighted by Gasteiger charge is 2.15. The molecule has 1 aromatic heterocycles. The Hall–Kier alpha value is -1.58. The second kappa shape index (κ2) is 5.66. The van der Waals surface area contributed by atoms with Crippen molar-refractivity contribution in [3.8, 4) is 0 Å². The lowest BCUT2D eigenvalue weighted by Crippen LogP contribution is -2.37. The van der Waals surface area contributed by atoms with E-state index in [1.165, 1.54) is 19.3 Å². The molecule has 0 atom stereocenters. The number of rotatable bonds is 3. The number of anilines is 1. The molecule has 4 nitrogen and oxygen atoms in total. The molecule has 0 spiro atoms. The van der Waals surface area contributed by atoms with Gasteiger partial charge in [-0.1, -0.05) is 19.3 Å². The van der Waals surface area contributed by atoms with Gasteiger partial charge in [0.15, 0.2) is 0 Å². The number of nitrogen functional groups attached to an aromatic ring is 1. The van der Waals surface area contributed by atoms with Crippen molar-refractivity contribution in [3.05, 3.63) is 24.0 Å². The first-order valence-electron chi connectivity index (χ1n) is 6.24. The fourth-order valence-electron chi connectivity index (χ4n) is 2.23. The van der Waals surface area contributed by atoms with Crippen molar-refractivity contribution in [2.45, 2.75) is 44.6 Å². The predicted molar refractivity (Wildman–Crippen MR) is 67.4 cm³/mol. The van der Waals surface area contributed by atoms with E-state index in [2.05, 4.69) is 10.3 Å². The molecule has 0 aromatic carbocycles. The molecule has 2 rings (SSSR count). The normalized spacial score (nSPS) is 16.7. The van der Waals surface area contributed by atoms with E-state index in [-0.39, 0.29) is 5.91 Å². The van der Waals surface area contributed by atoms with E-state index < -0.39 is 0 Å². The fraction of sp³-hybridized carbons (Fsp3) is 0.538. The molecule has 1 aromatic rings. The Morgan fingerprint density at radius 1 is 1.35 bits per heavy atom. The molecule has 0 unspecified atom stereocenters. The van der Waals surface area contributed by atoms with Gasteiger partial charge in [-0.05, 0) is 25.0 Å². The Morgan fingerprint density at radius 2 is 2.12 bits per heavy atom. The monoisotopic (exact) mass is 233 g/mol. The summed E-state index contributed by atoms with van der Waals surface area (Å²) in [5.74, 6) is 0.0640. The van der Waals surface area contributed by atoms with Crippen LogP contribution in [0.1, 0.15) is 37.8 Å². The van der Waals surface area contributed by atoms with Crippen molar-refractivity contribution >= 4 is 11.6 Å². The third-order valence-corrected chi connectivity index (χ3v) is 3.16.